The molecule has 0 spiro atoms. The second-order valence-corrected chi connectivity index (χ2v) is 2.09. The Hall–Kier alpha value is -0.0800. The van der Waals surface area contributed by atoms with Gasteiger partial charge in [-0.25, -0.2) is 0 Å². The topological polar surface area (TPSA) is 12.5 Å². The third-order valence-corrected chi connectivity index (χ3v) is 1.36. The van der Waals surface area contributed by atoms with Gasteiger partial charge in [-0.2, -0.15) is 0 Å². The molecule has 0 amide bonds. The van der Waals surface area contributed by atoms with E-state index in [0.717, 1.165) is 26.3 Å². The number of likely N-dealkylation sites (N-methyl/N-ethyl adjacent to an activating group) is 1. The van der Waals surface area contributed by atoms with E-state index < -0.39 is 0 Å². The fourth-order valence-corrected chi connectivity index (χ4v) is 0.523. The summed E-state index contributed by atoms with van der Waals surface area (Å²) in [5.41, 5.74) is 0. The molecule has 0 atom stereocenters. The van der Waals surface area contributed by atoms with Gasteiger partial charge in [0.1, 0.15) is 0 Å². The zero-order chi connectivity index (χ0) is 7.11. The zero-order valence-corrected chi connectivity index (χ0v) is 6.68. The van der Waals surface area contributed by atoms with Crippen molar-refractivity contribution in [3.63, 3.8) is 0 Å². The summed E-state index contributed by atoms with van der Waals surface area (Å²) < 4.78 is 5.16. The summed E-state index contributed by atoms with van der Waals surface area (Å²) in [6.07, 6.45) is 0. The van der Waals surface area contributed by atoms with E-state index in [9.17, 15) is 0 Å². The Labute approximate surface area is 72.5 Å². The van der Waals surface area contributed by atoms with Crippen LogP contribution in [0.15, 0.2) is 0 Å². The van der Waals surface area contributed by atoms with Crippen molar-refractivity contribution in [2.24, 2.45) is 0 Å². The Bertz CT molecular complexity index is 57.5. The van der Waals surface area contributed by atoms with Crippen molar-refractivity contribution >= 4 is 0 Å². The molecule has 2 heteroatoms. The average molecular weight is 163 g/mol. The van der Waals surface area contributed by atoms with Crippen molar-refractivity contribution in [2.45, 2.75) is 28.7 Å². The van der Waals surface area contributed by atoms with Crippen LogP contribution < -0.4 is 0 Å². The van der Waals surface area contributed by atoms with Crippen molar-refractivity contribution < 1.29 is 4.74 Å². The normalized spacial score (nSPS) is 8.73. The van der Waals surface area contributed by atoms with Crippen LogP contribution in [0.25, 0.3) is 0 Å². The molecule has 0 aromatic heterocycles. The van der Waals surface area contributed by atoms with Crippen molar-refractivity contribution in [3.05, 3.63) is 0 Å². The number of nitrogens with zero attached hydrogens (tertiary/aromatic N) is 1. The molecule has 0 unspecified atom stereocenters. The van der Waals surface area contributed by atoms with Gasteiger partial charge in [0.2, 0.25) is 0 Å². The molecule has 0 fully saturated rings. The van der Waals surface area contributed by atoms with E-state index in [0.29, 0.717) is 0 Å². The molecule has 0 bridgehead atoms. The molecule has 0 saturated carbocycles. The minimum Gasteiger partial charge on any atom is -0.380 e. The van der Waals surface area contributed by atoms with Gasteiger partial charge in [0.15, 0.2) is 0 Å². The molecule has 11 heavy (non-hydrogen) atoms. The van der Waals surface area contributed by atoms with Gasteiger partial charge in [-0.15, -0.1) is 0 Å². The third-order valence-electron chi connectivity index (χ3n) is 1.36. The minimum absolute atomic E-state index is 0. The fraction of sp³-hybridized carbons (Fsp3) is 1.00. The molecular formula is C9H25NO. The molecule has 0 aliphatic heterocycles. The number of rotatable bonds is 5. The molecule has 0 radical (unpaired) electrons. The van der Waals surface area contributed by atoms with Crippen LogP contribution in [0, 0.1) is 0 Å². The lowest BCUT2D eigenvalue weighted by atomic mass is 10.5. The van der Waals surface area contributed by atoms with Gasteiger partial charge in [0.05, 0.1) is 6.61 Å². The summed E-state index contributed by atoms with van der Waals surface area (Å²) >= 11 is 0. The molecule has 0 aromatic rings. The molecule has 0 heterocycles. The van der Waals surface area contributed by atoms with E-state index in [1.54, 1.807) is 0 Å². The highest BCUT2D eigenvalue weighted by atomic mass is 16.5. The number of hydrogen-bond acceptors (Lipinski definition) is 2. The lowest BCUT2D eigenvalue weighted by Gasteiger charge is -2.12. The maximum absolute atomic E-state index is 5.16. The van der Waals surface area contributed by atoms with Crippen LogP contribution in [0.5, 0.6) is 0 Å². The largest absolute Gasteiger partial charge is 0.380 e. The van der Waals surface area contributed by atoms with Crippen molar-refractivity contribution in [2.75, 3.05) is 33.4 Å². The highest BCUT2D eigenvalue weighted by Gasteiger charge is 1.90. The quantitative estimate of drug-likeness (QED) is 0.576. The fourth-order valence-electron chi connectivity index (χ4n) is 0.523. The standard InChI is InChI=1S/C7H17NO.2CH4/c1-4-8(3)6-7-9-5-2;;/h4-7H2,1-3H3;2*1H4. The van der Waals surface area contributed by atoms with Gasteiger partial charge in [-0.1, -0.05) is 21.8 Å². The summed E-state index contributed by atoms with van der Waals surface area (Å²) in [6.45, 7) is 8.01. The lowest BCUT2D eigenvalue weighted by Crippen LogP contribution is -2.22. The van der Waals surface area contributed by atoms with Gasteiger partial charge in [-0.3, -0.25) is 0 Å². The first-order chi connectivity index (χ1) is 4.31. The van der Waals surface area contributed by atoms with Crippen LogP contribution in [-0.2, 0) is 4.74 Å². The summed E-state index contributed by atoms with van der Waals surface area (Å²) in [5.74, 6) is 0. The van der Waals surface area contributed by atoms with Gasteiger partial charge < -0.3 is 9.64 Å². The molecule has 0 aliphatic rings. The maximum atomic E-state index is 5.16. The predicted molar refractivity (Wildman–Crippen MR) is 53.1 cm³/mol. The first-order valence-electron chi connectivity index (χ1n) is 3.57. The summed E-state index contributed by atoms with van der Waals surface area (Å²) in [6, 6.07) is 0. The van der Waals surface area contributed by atoms with Crippen molar-refractivity contribution in [1.29, 1.82) is 0 Å². The molecule has 0 N–H and O–H groups in total. The van der Waals surface area contributed by atoms with Crippen LogP contribution in [-0.4, -0.2) is 38.3 Å². The van der Waals surface area contributed by atoms with E-state index >= 15 is 0 Å². The van der Waals surface area contributed by atoms with Crippen LogP contribution in [0.1, 0.15) is 28.7 Å². The highest BCUT2D eigenvalue weighted by Crippen LogP contribution is 1.80. The zero-order valence-electron chi connectivity index (χ0n) is 6.68. The monoisotopic (exact) mass is 163 g/mol. The van der Waals surface area contributed by atoms with E-state index in [1.165, 1.54) is 0 Å². The second kappa shape index (κ2) is 12.6. The average Bonchev–Trinajstić information content (AvgIpc) is 1.89. The minimum atomic E-state index is 0. The highest BCUT2D eigenvalue weighted by molar-refractivity contribution is 4.43. The number of hydrogen-bond donors (Lipinski definition) is 0. The molecule has 0 aliphatic carbocycles. The van der Waals surface area contributed by atoms with Gasteiger partial charge >= 0.3 is 0 Å². The van der Waals surface area contributed by atoms with E-state index in [4.69, 9.17) is 4.74 Å². The Morgan fingerprint density at radius 1 is 1.18 bits per heavy atom. The summed E-state index contributed by atoms with van der Waals surface area (Å²) in [4.78, 5) is 2.23. The predicted octanol–water partition coefficient (Wildman–Crippen LogP) is 2.25. The smallest absolute Gasteiger partial charge is 0.0593 e. The summed E-state index contributed by atoms with van der Waals surface area (Å²) in [7, 11) is 2.10. The Morgan fingerprint density at radius 2 is 1.73 bits per heavy atom. The van der Waals surface area contributed by atoms with E-state index in [1.807, 2.05) is 6.92 Å². The van der Waals surface area contributed by atoms with Gasteiger partial charge in [0, 0.05) is 13.2 Å². The maximum Gasteiger partial charge on any atom is 0.0593 e. The SMILES string of the molecule is C.C.CCOCCN(C)CC. The first kappa shape index (κ1) is 17.1. The second-order valence-electron chi connectivity index (χ2n) is 2.09. The van der Waals surface area contributed by atoms with Crippen LogP contribution >= 0.6 is 0 Å². The molecule has 0 aromatic carbocycles. The Kier molecular flexibility index (Phi) is 19.6. The lowest BCUT2D eigenvalue weighted by molar-refractivity contribution is 0.124. The molecular weight excluding hydrogens is 138 g/mol. The van der Waals surface area contributed by atoms with E-state index in [2.05, 4.69) is 18.9 Å². The van der Waals surface area contributed by atoms with Crippen molar-refractivity contribution in [1.82, 2.24) is 4.90 Å². The molecule has 2 nitrogen and oxygen atoms in total. The Morgan fingerprint density at radius 3 is 2.09 bits per heavy atom. The van der Waals surface area contributed by atoms with Gasteiger partial charge in [-0.05, 0) is 20.5 Å². The van der Waals surface area contributed by atoms with E-state index in [-0.39, 0.29) is 14.9 Å². The van der Waals surface area contributed by atoms with Crippen molar-refractivity contribution in [3.8, 4) is 0 Å². The van der Waals surface area contributed by atoms with Crippen LogP contribution in [0.3, 0.4) is 0 Å². The molecule has 0 saturated heterocycles. The first-order valence-corrected chi connectivity index (χ1v) is 3.57. The molecule has 72 valence electrons. The third kappa shape index (κ3) is 13.0. The van der Waals surface area contributed by atoms with Crippen LogP contribution in [0.2, 0.25) is 0 Å². The van der Waals surface area contributed by atoms with Gasteiger partial charge in [0.25, 0.3) is 0 Å². The van der Waals surface area contributed by atoms with Crippen LogP contribution in [0.4, 0.5) is 0 Å². The number of ether oxygens (including phenoxy) is 1. The Balaban J connectivity index is -0.000000320. The summed E-state index contributed by atoms with van der Waals surface area (Å²) in [5, 5.41) is 0. The molecule has 0 rings (SSSR count).